The second kappa shape index (κ2) is 9.38. The summed E-state index contributed by atoms with van der Waals surface area (Å²) in [5.41, 5.74) is 3.49. The molecule has 3 rings (SSSR count). The number of carbonyl (C=O) groups is 2. The summed E-state index contributed by atoms with van der Waals surface area (Å²) in [7, 11) is 1.34. The van der Waals surface area contributed by atoms with E-state index in [4.69, 9.17) is 0 Å². The summed E-state index contributed by atoms with van der Waals surface area (Å²) in [5, 5.41) is 11.9. The fraction of sp³-hybridized carbons (Fsp3) is 0.238. The molecule has 0 aliphatic carbocycles. The van der Waals surface area contributed by atoms with Crippen molar-refractivity contribution in [2.75, 3.05) is 12.9 Å². The molecule has 1 heterocycles. The number of benzene rings is 2. The number of nitrogens with zero attached hydrogens (tertiary/aromatic N) is 3. The highest BCUT2D eigenvalue weighted by atomic mass is 32.2. The van der Waals surface area contributed by atoms with Crippen LogP contribution in [0.5, 0.6) is 0 Å². The Morgan fingerprint density at radius 1 is 1.10 bits per heavy atom. The van der Waals surface area contributed by atoms with Gasteiger partial charge in [0.15, 0.2) is 5.16 Å². The van der Waals surface area contributed by atoms with E-state index in [9.17, 15) is 9.59 Å². The third-order valence-corrected chi connectivity index (χ3v) is 5.18. The summed E-state index contributed by atoms with van der Waals surface area (Å²) < 4.78 is 6.61. The van der Waals surface area contributed by atoms with E-state index in [2.05, 4.69) is 26.3 Å². The molecule has 8 heteroatoms. The standard InChI is InChI=1S/C21H22N4O3S/c1-14-5-4-6-18(11-14)25-15(2)23-24-21(25)29-13-19(26)22-12-16-7-9-17(10-8-16)20(27)28-3/h4-11H,12-13H2,1-3H3,(H,22,26). The van der Waals surface area contributed by atoms with Gasteiger partial charge in [-0.3, -0.25) is 9.36 Å². The van der Waals surface area contributed by atoms with Gasteiger partial charge in [-0.2, -0.15) is 0 Å². The largest absolute Gasteiger partial charge is 0.465 e. The van der Waals surface area contributed by atoms with Gasteiger partial charge in [0.1, 0.15) is 5.82 Å². The van der Waals surface area contributed by atoms with Gasteiger partial charge in [0.2, 0.25) is 5.91 Å². The van der Waals surface area contributed by atoms with Crippen molar-refractivity contribution in [1.29, 1.82) is 0 Å². The Morgan fingerprint density at radius 2 is 1.86 bits per heavy atom. The lowest BCUT2D eigenvalue weighted by molar-refractivity contribution is -0.118. The monoisotopic (exact) mass is 410 g/mol. The zero-order valence-corrected chi connectivity index (χ0v) is 17.3. The SMILES string of the molecule is COC(=O)c1ccc(CNC(=O)CSc2nnc(C)n2-c2cccc(C)c2)cc1. The second-order valence-electron chi connectivity index (χ2n) is 6.46. The van der Waals surface area contributed by atoms with Crippen LogP contribution in [0.4, 0.5) is 0 Å². The van der Waals surface area contributed by atoms with Gasteiger partial charge in [-0.15, -0.1) is 10.2 Å². The highest BCUT2D eigenvalue weighted by Crippen LogP contribution is 2.22. The molecule has 1 amide bonds. The predicted octanol–water partition coefficient (Wildman–Crippen LogP) is 3.08. The van der Waals surface area contributed by atoms with Crippen LogP contribution in [-0.4, -0.2) is 39.5 Å². The van der Waals surface area contributed by atoms with Crippen molar-refractivity contribution in [3.05, 3.63) is 71.0 Å². The zero-order valence-electron chi connectivity index (χ0n) is 16.5. The molecule has 0 bridgehead atoms. The molecule has 0 atom stereocenters. The number of hydrogen-bond acceptors (Lipinski definition) is 6. The molecule has 3 aromatic rings. The first-order chi connectivity index (χ1) is 14.0. The number of rotatable bonds is 7. The van der Waals surface area contributed by atoms with E-state index < -0.39 is 0 Å². The topological polar surface area (TPSA) is 86.1 Å². The molecule has 7 nitrogen and oxygen atoms in total. The fourth-order valence-corrected chi connectivity index (χ4v) is 3.59. The summed E-state index contributed by atoms with van der Waals surface area (Å²) in [6.45, 7) is 4.29. The number of aromatic nitrogens is 3. The second-order valence-corrected chi connectivity index (χ2v) is 7.40. The van der Waals surface area contributed by atoms with Crippen LogP contribution in [0, 0.1) is 13.8 Å². The van der Waals surface area contributed by atoms with Crippen molar-refractivity contribution >= 4 is 23.6 Å². The highest BCUT2D eigenvalue weighted by molar-refractivity contribution is 7.99. The van der Waals surface area contributed by atoms with E-state index >= 15 is 0 Å². The minimum absolute atomic E-state index is 0.108. The first kappa shape index (κ1) is 20.6. The van der Waals surface area contributed by atoms with Crippen LogP contribution in [0.15, 0.2) is 53.7 Å². The summed E-state index contributed by atoms with van der Waals surface area (Å²) in [4.78, 5) is 23.7. The van der Waals surface area contributed by atoms with Crippen LogP contribution in [0.25, 0.3) is 5.69 Å². The Kier molecular flexibility index (Phi) is 6.66. The molecule has 29 heavy (non-hydrogen) atoms. The van der Waals surface area contributed by atoms with Crippen LogP contribution in [0.3, 0.4) is 0 Å². The number of esters is 1. The Balaban J connectivity index is 1.57. The maximum atomic E-state index is 12.3. The van der Waals surface area contributed by atoms with Crippen LogP contribution < -0.4 is 5.32 Å². The molecule has 1 aromatic heterocycles. The van der Waals surface area contributed by atoms with Gasteiger partial charge in [0.05, 0.1) is 18.4 Å². The molecule has 0 spiro atoms. The van der Waals surface area contributed by atoms with Crippen LogP contribution in [0.1, 0.15) is 27.3 Å². The van der Waals surface area contributed by atoms with Crippen LogP contribution >= 0.6 is 11.8 Å². The number of methoxy groups -OCH3 is 1. The summed E-state index contributed by atoms with van der Waals surface area (Å²) >= 11 is 1.34. The van der Waals surface area contributed by atoms with Crippen molar-refractivity contribution in [3.63, 3.8) is 0 Å². The van der Waals surface area contributed by atoms with Gasteiger partial charge >= 0.3 is 5.97 Å². The maximum Gasteiger partial charge on any atom is 0.337 e. The minimum Gasteiger partial charge on any atom is -0.465 e. The number of ether oxygens (including phenoxy) is 1. The molecule has 0 unspecified atom stereocenters. The average molecular weight is 410 g/mol. The van der Waals surface area contributed by atoms with Gasteiger partial charge < -0.3 is 10.1 Å². The third kappa shape index (κ3) is 5.23. The van der Waals surface area contributed by atoms with E-state index in [-0.39, 0.29) is 17.6 Å². The van der Waals surface area contributed by atoms with Gasteiger partial charge in [0, 0.05) is 12.2 Å². The molecule has 0 aliphatic heterocycles. The lowest BCUT2D eigenvalue weighted by atomic mass is 10.1. The number of carbonyl (C=O) groups excluding carboxylic acids is 2. The first-order valence-corrected chi connectivity index (χ1v) is 10.0. The lowest BCUT2D eigenvalue weighted by Gasteiger charge is -2.09. The van der Waals surface area contributed by atoms with Crippen molar-refractivity contribution in [3.8, 4) is 5.69 Å². The Labute approximate surface area is 173 Å². The summed E-state index contributed by atoms with van der Waals surface area (Å²) in [5.74, 6) is 0.502. The lowest BCUT2D eigenvalue weighted by Crippen LogP contribution is -2.24. The van der Waals surface area contributed by atoms with Crippen molar-refractivity contribution in [2.45, 2.75) is 25.5 Å². The van der Waals surface area contributed by atoms with E-state index in [1.54, 1.807) is 24.3 Å². The third-order valence-electron chi connectivity index (χ3n) is 4.25. The van der Waals surface area contributed by atoms with E-state index in [1.165, 1.54) is 18.9 Å². The van der Waals surface area contributed by atoms with E-state index in [0.29, 0.717) is 17.3 Å². The number of hydrogen-bond donors (Lipinski definition) is 1. The van der Waals surface area contributed by atoms with Gasteiger partial charge in [-0.1, -0.05) is 36.0 Å². The van der Waals surface area contributed by atoms with Crippen LogP contribution in [0.2, 0.25) is 0 Å². The van der Waals surface area contributed by atoms with E-state index in [0.717, 1.165) is 22.6 Å². The fourth-order valence-electron chi connectivity index (χ4n) is 2.76. The molecule has 0 radical (unpaired) electrons. The summed E-state index contributed by atoms with van der Waals surface area (Å²) in [6, 6.07) is 15.0. The van der Waals surface area contributed by atoms with Gasteiger partial charge in [-0.05, 0) is 49.2 Å². The summed E-state index contributed by atoms with van der Waals surface area (Å²) in [6.07, 6.45) is 0. The normalized spacial score (nSPS) is 10.6. The molecule has 0 saturated heterocycles. The van der Waals surface area contributed by atoms with Crippen molar-refractivity contribution in [1.82, 2.24) is 20.1 Å². The molecule has 0 aliphatic rings. The number of nitrogens with one attached hydrogen (secondary N) is 1. The average Bonchev–Trinajstić information content (AvgIpc) is 3.10. The minimum atomic E-state index is -0.384. The zero-order chi connectivity index (χ0) is 20.8. The number of amides is 1. The van der Waals surface area contributed by atoms with Crippen molar-refractivity contribution in [2.24, 2.45) is 0 Å². The van der Waals surface area contributed by atoms with Gasteiger partial charge in [0.25, 0.3) is 0 Å². The molecule has 2 aromatic carbocycles. The first-order valence-electron chi connectivity index (χ1n) is 9.03. The smallest absolute Gasteiger partial charge is 0.337 e. The Morgan fingerprint density at radius 3 is 2.55 bits per heavy atom. The molecule has 150 valence electrons. The van der Waals surface area contributed by atoms with Crippen LogP contribution in [-0.2, 0) is 16.1 Å². The number of thioether (sulfide) groups is 1. The number of aryl methyl sites for hydroxylation is 2. The van der Waals surface area contributed by atoms with E-state index in [1.807, 2.05) is 36.6 Å². The Bertz CT molecular complexity index is 1020. The van der Waals surface area contributed by atoms with Gasteiger partial charge in [-0.25, -0.2) is 4.79 Å². The maximum absolute atomic E-state index is 12.3. The molecular weight excluding hydrogens is 388 g/mol. The predicted molar refractivity (Wildman–Crippen MR) is 111 cm³/mol. The molecular formula is C21H22N4O3S. The molecule has 0 saturated carbocycles. The van der Waals surface area contributed by atoms with Crippen molar-refractivity contribution < 1.29 is 14.3 Å². The molecule has 0 fully saturated rings. The Hall–Kier alpha value is -3.13. The molecule has 1 N–H and O–H groups in total. The quantitative estimate of drug-likeness (QED) is 0.476. The highest BCUT2D eigenvalue weighted by Gasteiger charge is 2.13.